The van der Waals surface area contributed by atoms with Crippen molar-refractivity contribution in [2.45, 2.75) is 18.2 Å². The Balaban J connectivity index is 2.31. The van der Waals surface area contributed by atoms with Crippen molar-refractivity contribution in [2.75, 3.05) is 23.0 Å². The van der Waals surface area contributed by atoms with Gasteiger partial charge in [-0.1, -0.05) is 6.92 Å². The molecule has 1 nitrogen and oxygen atoms in total. The minimum atomic E-state index is -0.250. The summed E-state index contributed by atoms with van der Waals surface area (Å²) in [6, 6.07) is 4.70. The van der Waals surface area contributed by atoms with E-state index < -0.39 is 0 Å². The molecule has 4 heteroatoms. The molecule has 0 saturated carbocycles. The third kappa shape index (κ3) is 5.33. The van der Waals surface area contributed by atoms with Crippen LogP contribution in [0, 0.1) is 5.82 Å². The molecule has 1 aromatic rings. The summed E-state index contributed by atoms with van der Waals surface area (Å²) < 4.78 is 13.0. The maximum Gasteiger partial charge on any atom is 0.126 e. The van der Waals surface area contributed by atoms with Crippen molar-refractivity contribution in [2.24, 2.45) is 0 Å². The van der Waals surface area contributed by atoms with E-state index in [0.29, 0.717) is 5.69 Å². The monoisotopic (exact) mass is 245 g/mol. The number of halogens is 1. The van der Waals surface area contributed by atoms with Crippen LogP contribution in [-0.4, -0.2) is 17.3 Å². The van der Waals surface area contributed by atoms with Gasteiger partial charge in [-0.25, -0.2) is 4.39 Å². The molecule has 0 aliphatic carbocycles. The second kappa shape index (κ2) is 7.01. The highest BCUT2D eigenvalue weighted by molar-refractivity contribution is 8.00. The zero-order chi connectivity index (χ0) is 11.1. The molecule has 84 valence electrons. The van der Waals surface area contributed by atoms with Gasteiger partial charge in [-0.2, -0.15) is 11.8 Å². The van der Waals surface area contributed by atoms with Crippen LogP contribution >= 0.6 is 23.5 Å². The van der Waals surface area contributed by atoms with Gasteiger partial charge in [-0.3, -0.25) is 0 Å². The molecule has 2 N–H and O–H groups in total. The summed E-state index contributed by atoms with van der Waals surface area (Å²) in [6.45, 7) is 2.16. The van der Waals surface area contributed by atoms with Crippen molar-refractivity contribution < 1.29 is 4.39 Å². The maximum absolute atomic E-state index is 13.0. The number of benzene rings is 1. The van der Waals surface area contributed by atoms with Crippen LogP contribution in [0.4, 0.5) is 10.1 Å². The van der Waals surface area contributed by atoms with E-state index in [2.05, 4.69) is 6.92 Å². The molecule has 0 heterocycles. The van der Waals surface area contributed by atoms with Gasteiger partial charge in [0.05, 0.1) is 0 Å². The zero-order valence-corrected chi connectivity index (χ0v) is 10.5. The van der Waals surface area contributed by atoms with Gasteiger partial charge in [0.2, 0.25) is 0 Å². The summed E-state index contributed by atoms with van der Waals surface area (Å²) in [4.78, 5) is 0.925. The molecule has 0 aromatic heterocycles. The molecule has 0 aliphatic rings. The quantitative estimate of drug-likeness (QED) is 0.471. The summed E-state index contributed by atoms with van der Waals surface area (Å²) in [5.74, 6) is 3.11. The Morgan fingerprint density at radius 3 is 2.73 bits per heavy atom. The zero-order valence-electron chi connectivity index (χ0n) is 8.83. The average Bonchev–Trinajstić information content (AvgIpc) is 2.16. The van der Waals surface area contributed by atoms with Crippen LogP contribution in [0.3, 0.4) is 0 Å². The highest BCUT2D eigenvalue weighted by Crippen LogP contribution is 2.23. The van der Waals surface area contributed by atoms with Crippen molar-refractivity contribution in [3.63, 3.8) is 0 Å². The van der Waals surface area contributed by atoms with E-state index in [1.54, 1.807) is 11.8 Å². The summed E-state index contributed by atoms with van der Waals surface area (Å²) >= 11 is 3.60. The predicted octanol–water partition coefficient (Wildman–Crippen LogP) is 3.64. The van der Waals surface area contributed by atoms with Crippen LogP contribution in [0.25, 0.3) is 0 Å². The van der Waals surface area contributed by atoms with Gasteiger partial charge in [0.25, 0.3) is 0 Å². The van der Waals surface area contributed by atoms with Gasteiger partial charge in [-0.15, -0.1) is 11.8 Å². The third-order valence-electron chi connectivity index (χ3n) is 1.80. The molecule has 0 radical (unpaired) electrons. The minimum absolute atomic E-state index is 0.250. The Bertz CT molecular complexity index is 284. The number of nitrogens with two attached hydrogens (primary N) is 1. The fourth-order valence-corrected chi connectivity index (χ4v) is 2.92. The van der Waals surface area contributed by atoms with Gasteiger partial charge in [0.15, 0.2) is 0 Å². The van der Waals surface area contributed by atoms with E-state index in [-0.39, 0.29) is 5.82 Å². The first kappa shape index (κ1) is 12.7. The standard InChI is InChI=1S/C11H16FNS2/c1-2-14-4-3-5-15-11-7-9(12)6-10(13)8-11/h6-8H,2-5,13H2,1H3. The second-order valence-corrected chi connectivity index (χ2v) is 5.68. The third-order valence-corrected chi connectivity index (χ3v) is 3.85. The molecule has 0 unspecified atom stereocenters. The average molecular weight is 245 g/mol. The first-order valence-electron chi connectivity index (χ1n) is 4.99. The van der Waals surface area contributed by atoms with Gasteiger partial charge in [0, 0.05) is 10.6 Å². The SMILES string of the molecule is CCSCCCSc1cc(N)cc(F)c1. The summed E-state index contributed by atoms with van der Waals surface area (Å²) in [6.07, 6.45) is 1.15. The predicted molar refractivity (Wildman–Crippen MR) is 69.2 cm³/mol. The molecule has 0 bridgehead atoms. The molecular formula is C11H16FNS2. The molecule has 0 atom stereocenters. The van der Waals surface area contributed by atoms with Crippen LogP contribution in [0.5, 0.6) is 0 Å². The van der Waals surface area contributed by atoms with Gasteiger partial charge in [-0.05, 0) is 41.9 Å². The first-order chi connectivity index (χ1) is 7.22. The normalized spacial score (nSPS) is 10.5. The first-order valence-corrected chi connectivity index (χ1v) is 7.13. The lowest BCUT2D eigenvalue weighted by atomic mass is 10.3. The summed E-state index contributed by atoms with van der Waals surface area (Å²) in [5.41, 5.74) is 6.05. The molecule has 1 aromatic carbocycles. The Morgan fingerprint density at radius 2 is 2.07 bits per heavy atom. The van der Waals surface area contributed by atoms with Crippen LogP contribution in [0.1, 0.15) is 13.3 Å². The number of nitrogen functional groups attached to an aromatic ring is 1. The van der Waals surface area contributed by atoms with E-state index in [1.807, 2.05) is 17.8 Å². The largest absolute Gasteiger partial charge is 0.399 e. The number of thioether (sulfide) groups is 2. The Labute approximate surface area is 99.0 Å². The van der Waals surface area contributed by atoms with E-state index >= 15 is 0 Å². The molecule has 0 fully saturated rings. The fourth-order valence-electron chi connectivity index (χ4n) is 1.16. The molecule has 0 saturated heterocycles. The van der Waals surface area contributed by atoms with Crippen LogP contribution in [-0.2, 0) is 0 Å². The van der Waals surface area contributed by atoms with Gasteiger partial charge < -0.3 is 5.73 Å². The van der Waals surface area contributed by atoms with Gasteiger partial charge in [0.1, 0.15) is 5.82 Å². The molecule has 15 heavy (non-hydrogen) atoms. The summed E-state index contributed by atoms with van der Waals surface area (Å²) in [7, 11) is 0. The van der Waals surface area contributed by atoms with Crippen LogP contribution in [0.15, 0.2) is 23.1 Å². The Kier molecular flexibility index (Phi) is 5.95. The van der Waals surface area contributed by atoms with Crippen LogP contribution < -0.4 is 5.73 Å². The fraction of sp³-hybridized carbons (Fsp3) is 0.455. The minimum Gasteiger partial charge on any atom is -0.399 e. The van der Waals surface area contributed by atoms with Crippen LogP contribution in [0.2, 0.25) is 0 Å². The van der Waals surface area contributed by atoms with Crippen molar-refractivity contribution in [1.82, 2.24) is 0 Å². The smallest absolute Gasteiger partial charge is 0.126 e. The number of hydrogen-bond donors (Lipinski definition) is 1. The van der Waals surface area contributed by atoms with Gasteiger partial charge >= 0.3 is 0 Å². The van der Waals surface area contributed by atoms with E-state index in [9.17, 15) is 4.39 Å². The number of rotatable bonds is 6. The maximum atomic E-state index is 13.0. The lowest BCUT2D eigenvalue weighted by Gasteiger charge is -2.03. The molecule has 0 aliphatic heterocycles. The van der Waals surface area contributed by atoms with Crippen molar-refractivity contribution in [3.05, 3.63) is 24.0 Å². The lowest BCUT2D eigenvalue weighted by molar-refractivity contribution is 0.625. The second-order valence-electron chi connectivity index (χ2n) is 3.12. The number of anilines is 1. The highest BCUT2D eigenvalue weighted by Gasteiger charge is 1.99. The molecular weight excluding hydrogens is 229 g/mol. The van der Waals surface area contributed by atoms with Crippen molar-refractivity contribution in [3.8, 4) is 0 Å². The van der Waals surface area contributed by atoms with E-state index in [0.717, 1.165) is 22.8 Å². The van der Waals surface area contributed by atoms with Crippen molar-refractivity contribution in [1.29, 1.82) is 0 Å². The Morgan fingerprint density at radius 1 is 1.27 bits per heavy atom. The van der Waals surface area contributed by atoms with E-state index in [4.69, 9.17) is 5.73 Å². The number of hydrogen-bond acceptors (Lipinski definition) is 3. The summed E-state index contributed by atoms with van der Waals surface area (Å²) in [5, 5.41) is 0. The molecule has 1 rings (SSSR count). The highest BCUT2D eigenvalue weighted by atomic mass is 32.2. The topological polar surface area (TPSA) is 26.0 Å². The molecule has 0 spiro atoms. The Hall–Kier alpha value is -0.350. The van der Waals surface area contributed by atoms with E-state index in [1.165, 1.54) is 17.9 Å². The molecule has 0 amide bonds. The van der Waals surface area contributed by atoms with Crippen molar-refractivity contribution >= 4 is 29.2 Å². The lowest BCUT2D eigenvalue weighted by Crippen LogP contribution is -1.89.